The Labute approximate surface area is 181 Å². The van der Waals surface area contributed by atoms with Crippen LogP contribution in [-0.4, -0.2) is 41.1 Å². The van der Waals surface area contributed by atoms with Crippen molar-refractivity contribution in [1.82, 2.24) is 5.16 Å². The van der Waals surface area contributed by atoms with Crippen LogP contribution in [0.15, 0.2) is 51.7 Å². The minimum absolute atomic E-state index is 0.246. The average molecular weight is 451 g/mol. The lowest BCUT2D eigenvalue weighted by atomic mass is 9.93. The molecule has 1 atom stereocenters. The zero-order valence-corrected chi connectivity index (χ0v) is 17.7. The molecule has 1 unspecified atom stereocenters. The van der Waals surface area contributed by atoms with Gasteiger partial charge in [0.15, 0.2) is 12.9 Å². The van der Waals surface area contributed by atoms with Gasteiger partial charge in [-0.25, -0.2) is 4.79 Å². The van der Waals surface area contributed by atoms with Gasteiger partial charge in [-0.15, -0.1) is 0 Å². The molecule has 3 N–H and O–H groups in total. The molecule has 0 spiro atoms. The molecular formula is C20H22F3N6O3+. The summed E-state index contributed by atoms with van der Waals surface area (Å²) in [5.74, 6) is -0.0627. The van der Waals surface area contributed by atoms with Crippen molar-refractivity contribution in [2.24, 2.45) is 5.11 Å². The van der Waals surface area contributed by atoms with Crippen LogP contribution in [0.4, 0.5) is 35.2 Å². The van der Waals surface area contributed by atoms with Crippen LogP contribution in [-0.2, 0) is 10.2 Å². The van der Waals surface area contributed by atoms with E-state index in [0.29, 0.717) is 11.4 Å². The van der Waals surface area contributed by atoms with Crippen molar-refractivity contribution in [1.29, 1.82) is 0 Å². The molecule has 0 aliphatic carbocycles. The normalized spacial score (nSPS) is 16.3. The fraction of sp³-hybridized carbons (Fsp3) is 0.350. The highest BCUT2D eigenvalue weighted by Gasteiger charge is 2.51. The number of azo groups is 2. The van der Waals surface area contributed by atoms with E-state index >= 15 is 0 Å². The van der Waals surface area contributed by atoms with E-state index in [0.717, 1.165) is 10.9 Å². The molecule has 2 aromatic rings. The first kappa shape index (κ1) is 23.0. The van der Waals surface area contributed by atoms with E-state index in [1.54, 1.807) is 6.07 Å². The van der Waals surface area contributed by atoms with Crippen molar-refractivity contribution >= 4 is 29.1 Å². The number of hydrogen-bond acceptors (Lipinski definition) is 5. The lowest BCUT2D eigenvalue weighted by Crippen LogP contribution is -2.32. The zero-order valence-electron chi connectivity index (χ0n) is 17.7. The average Bonchev–Trinajstić information content (AvgIpc) is 3.29. The molecule has 9 nitrogen and oxygen atoms in total. The van der Waals surface area contributed by atoms with Gasteiger partial charge in [0.2, 0.25) is 12.2 Å². The third-order valence-corrected chi connectivity index (χ3v) is 4.38. The zero-order chi connectivity index (χ0) is 23.7. The summed E-state index contributed by atoms with van der Waals surface area (Å²) in [6.07, 6.45) is -3.64. The molecule has 3 rings (SSSR count). The minimum Gasteiger partial charge on any atom is -0.359 e. The highest BCUT2D eigenvalue weighted by atomic mass is 19.4. The maximum absolute atomic E-state index is 13.1. The minimum atomic E-state index is -4.67. The fourth-order valence-electron chi connectivity index (χ4n) is 2.78. The van der Waals surface area contributed by atoms with Crippen LogP contribution in [0.1, 0.15) is 26.5 Å². The molecule has 0 saturated carbocycles. The first-order chi connectivity index (χ1) is 14.8. The van der Waals surface area contributed by atoms with Crippen molar-refractivity contribution in [3.05, 3.63) is 47.9 Å². The number of alkyl halides is 3. The maximum atomic E-state index is 13.1. The second-order valence-electron chi connectivity index (χ2n) is 8.15. The van der Waals surface area contributed by atoms with Gasteiger partial charge < -0.3 is 15.2 Å². The molecule has 0 saturated heterocycles. The number of hydrogen-bond donors (Lipinski definition) is 3. The van der Waals surface area contributed by atoms with E-state index in [1.807, 2.05) is 20.8 Å². The third kappa shape index (κ3) is 5.50. The number of nitrogens with zero attached hydrogens (tertiary/aromatic N) is 3. The van der Waals surface area contributed by atoms with Crippen LogP contribution < -0.4 is 16.0 Å². The lowest BCUT2D eigenvalue weighted by Gasteiger charge is -2.12. The summed E-state index contributed by atoms with van der Waals surface area (Å²) >= 11 is 0. The van der Waals surface area contributed by atoms with Crippen molar-refractivity contribution < 1.29 is 32.0 Å². The maximum Gasteiger partial charge on any atom is 0.421 e. The van der Waals surface area contributed by atoms with Gasteiger partial charge in [-0.2, -0.15) is 13.2 Å². The number of carbonyl (C=O) groups excluding carboxylic acids is 2. The van der Waals surface area contributed by atoms with Gasteiger partial charge in [0.25, 0.3) is 5.91 Å². The Hall–Kier alpha value is -3.70. The van der Waals surface area contributed by atoms with Crippen LogP contribution in [0.5, 0.6) is 0 Å². The molecule has 1 aliphatic heterocycles. The summed E-state index contributed by atoms with van der Waals surface area (Å²) < 4.78 is 45.4. The quantitative estimate of drug-likeness (QED) is 0.595. The number of aromatic nitrogens is 1. The smallest absolute Gasteiger partial charge is 0.359 e. The van der Waals surface area contributed by atoms with E-state index in [1.165, 1.54) is 31.3 Å². The van der Waals surface area contributed by atoms with Crippen LogP contribution in [0.3, 0.4) is 0 Å². The van der Waals surface area contributed by atoms with Gasteiger partial charge in [-0.3, -0.25) is 10.1 Å². The molecule has 2 heterocycles. The Kier molecular flexibility index (Phi) is 6.06. The van der Waals surface area contributed by atoms with Gasteiger partial charge in [-0.05, 0) is 29.4 Å². The van der Waals surface area contributed by atoms with Crippen LogP contribution >= 0.6 is 0 Å². The van der Waals surface area contributed by atoms with Crippen LogP contribution in [0, 0.1) is 0 Å². The highest BCUT2D eigenvalue weighted by molar-refractivity contribution is 6.05. The number of nitrogens with one attached hydrogen (secondary N) is 3. The summed E-state index contributed by atoms with van der Waals surface area (Å²) in [7, 11) is 1.31. The standard InChI is InChI=1S/C20H21F3N6O3/c1-19(2,3)14-9-15(28-32-14)26-18(31)25-12-7-5-11(6-8-12)24-17(30)13-10-29(4)27-16(13)20(21,22)23/h5-10,16,27H,1-4H3,(H,26,28,31)/p+1. The number of urea groups is 1. The summed E-state index contributed by atoms with van der Waals surface area (Å²) in [5.41, 5.74) is -0.127. The number of rotatable bonds is 4. The Balaban J connectivity index is 1.58. The van der Waals surface area contributed by atoms with Crippen LogP contribution in [0.25, 0.3) is 0 Å². The van der Waals surface area contributed by atoms with E-state index in [9.17, 15) is 22.8 Å². The molecule has 3 amide bonds. The van der Waals surface area contributed by atoms with E-state index in [2.05, 4.69) is 26.2 Å². The van der Waals surface area contributed by atoms with Gasteiger partial charge in [0.05, 0.1) is 0 Å². The van der Waals surface area contributed by atoms with Gasteiger partial charge in [0, 0.05) is 22.9 Å². The summed E-state index contributed by atoms with van der Waals surface area (Å²) in [4.78, 5) is 24.4. The molecule has 1 aromatic heterocycles. The van der Waals surface area contributed by atoms with E-state index < -0.39 is 29.7 Å². The largest absolute Gasteiger partial charge is 0.421 e. The van der Waals surface area contributed by atoms with Crippen molar-refractivity contribution in [2.45, 2.75) is 38.4 Å². The molecule has 0 bridgehead atoms. The van der Waals surface area contributed by atoms with Gasteiger partial charge in [0.1, 0.15) is 11.3 Å². The monoisotopic (exact) mass is 451 g/mol. The Morgan fingerprint density at radius 3 is 2.16 bits per heavy atom. The highest BCUT2D eigenvalue weighted by Crippen LogP contribution is 2.32. The number of anilines is 3. The third-order valence-electron chi connectivity index (χ3n) is 4.38. The topological polar surface area (TPSA) is 112 Å². The van der Waals surface area contributed by atoms with Crippen molar-refractivity contribution in [3.8, 4) is 0 Å². The SMILES string of the molecule is C[N+]1=NC(C(F)(F)F)C(C(=O)Nc2ccc(NC(=O)Nc3cc(C(C)(C)C)on3)cc2)=C1. The van der Waals surface area contributed by atoms with E-state index in [-0.39, 0.29) is 16.9 Å². The summed E-state index contributed by atoms with van der Waals surface area (Å²) in [5, 5.41) is 14.7. The molecular weight excluding hydrogens is 429 g/mol. The fourth-order valence-corrected chi connectivity index (χ4v) is 2.78. The number of halogens is 3. The summed E-state index contributed by atoms with van der Waals surface area (Å²) in [6.45, 7) is 5.83. The summed E-state index contributed by atoms with van der Waals surface area (Å²) in [6, 6.07) is 4.70. The number of amides is 3. The van der Waals surface area contributed by atoms with E-state index in [4.69, 9.17) is 4.52 Å². The van der Waals surface area contributed by atoms with Crippen molar-refractivity contribution in [2.75, 3.05) is 23.0 Å². The predicted molar refractivity (Wildman–Crippen MR) is 109 cm³/mol. The molecule has 170 valence electrons. The molecule has 0 radical (unpaired) electrons. The first-order valence-electron chi connectivity index (χ1n) is 9.51. The van der Waals surface area contributed by atoms with Crippen molar-refractivity contribution in [3.63, 3.8) is 0 Å². The molecule has 1 aromatic carbocycles. The first-order valence-corrected chi connectivity index (χ1v) is 9.51. The molecule has 0 fully saturated rings. The molecule has 1 aliphatic rings. The Bertz CT molecular complexity index is 1080. The lowest BCUT2D eigenvalue weighted by molar-refractivity contribution is -0.496. The van der Waals surface area contributed by atoms with Gasteiger partial charge in [-0.1, -0.05) is 30.6 Å². The molecule has 32 heavy (non-hydrogen) atoms. The Morgan fingerprint density at radius 2 is 1.62 bits per heavy atom. The predicted octanol–water partition coefficient (Wildman–Crippen LogP) is 4.48. The number of benzene rings is 1. The number of carbonyl (C=O) groups is 2. The Morgan fingerprint density at radius 1 is 1.03 bits per heavy atom. The van der Waals surface area contributed by atoms with Crippen LogP contribution in [0.2, 0.25) is 0 Å². The van der Waals surface area contributed by atoms with Gasteiger partial charge >= 0.3 is 12.2 Å². The molecule has 12 heteroatoms. The second-order valence-corrected chi connectivity index (χ2v) is 8.15. The second kappa shape index (κ2) is 8.44.